The molecule has 1 N–H and O–H groups in total. The van der Waals surface area contributed by atoms with Crippen LogP contribution in [0.1, 0.15) is 31.2 Å². The van der Waals surface area contributed by atoms with E-state index in [9.17, 15) is 4.79 Å². The number of carbonyl (C=O) groups excluding carboxylic acids is 1. The zero-order valence-corrected chi connectivity index (χ0v) is 12.6. The lowest BCUT2D eigenvalue weighted by molar-refractivity contribution is -0.126. The van der Waals surface area contributed by atoms with Crippen LogP contribution in [0.3, 0.4) is 0 Å². The number of amides is 1. The molecule has 3 nitrogen and oxygen atoms in total. The summed E-state index contributed by atoms with van der Waals surface area (Å²) in [7, 11) is 4.22. The monoisotopic (exact) mass is 274 g/mol. The Kier molecular flexibility index (Phi) is 5.60. The van der Waals surface area contributed by atoms with Gasteiger partial charge in [0.2, 0.25) is 5.91 Å². The highest BCUT2D eigenvalue weighted by Gasteiger charge is 2.27. The molecule has 0 spiro atoms. The molecule has 20 heavy (non-hydrogen) atoms. The molecule has 1 aliphatic carbocycles. The van der Waals surface area contributed by atoms with Gasteiger partial charge >= 0.3 is 0 Å². The number of nitrogens with one attached hydrogen (secondary N) is 1. The van der Waals surface area contributed by atoms with Gasteiger partial charge in [-0.3, -0.25) is 4.79 Å². The molecule has 3 heteroatoms. The molecule has 1 fully saturated rings. The lowest BCUT2D eigenvalue weighted by Crippen LogP contribution is -2.40. The molecule has 0 aliphatic heterocycles. The standard InChI is InChI=1S/C17H26N2O/c1-19(2)16-10-6-9-15(13-16)17(20)18-12-11-14-7-4-3-5-8-14/h3-5,7-8,15-16H,6,9-13H2,1-2H3,(H,18,20)/t15-,16-/m1/s1. The van der Waals surface area contributed by atoms with Crippen LogP contribution in [0.4, 0.5) is 0 Å². The maximum absolute atomic E-state index is 12.2. The van der Waals surface area contributed by atoms with E-state index in [4.69, 9.17) is 0 Å². The number of rotatable bonds is 5. The highest BCUT2D eigenvalue weighted by Crippen LogP contribution is 2.26. The molecule has 1 amide bonds. The van der Waals surface area contributed by atoms with E-state index in [-0.39, 0.29) is 11.8 Å². The van der Waals surface area contributed by atoms with Gasteiger partial charge in [0.05, 0.1) is 0 Å². The second-order valence-corrected chi connectivity index (χ2v) is 6.01. The molecule has 1 aliphatic rings. The van der Waals surface area contributed by atoms with E-state index in [0.717, 1.165) is 25.8 Å². The van der Waals surface area contributed by atoms with Crippen LogP contribution < -0.4 is 5.32 Å². The average Bonchev–Trinajstić information content (AvgIpc) is 2.48. The summed E-state index contributed by atoms with van der Waals surface area (Å²) in [6.45, 7) is 0.742. The van der Waals surface area contributed by atoms with Gasteiger partial charge in [-0.15, -0.1) is 0 Å². The predicted octanol–water partition coefficient (Wildman–Crippen LogP) is 2.47. The first kappa shape index (κ1) is 15.0. The summed E-state index contributed by atoms with van der Waals surface area (Å²) in [6, 6.07) is 10.9. The SMILES string of the molecule is CN(C)[C@@H]1CCC[C@@H](C(=O)NCCc2ccccc2)C1. The number of hydrogen-bond acceptors (Lipinski definition) is 2. The van der Waals surface area contributed by atoms with Crippen LogP contribution in [-0.4, -0.2) is 37.5 Å². The number of hydrogen-bond donors (Lipinski definition) is 1. The predicted molar refractivity (Wildman–Crippen MR) is 82.6 cm³/mol. The van der Waals surface area contributed by atoms with Gasteiger partial charge in [-0.1, -0.05) is 36.8 Å². The third kappa shape index (κ3) is 4.34. The Labute approximate surface area is 122 Å². The molecule has 0 radical (unpaired) electrons. The van der Waals surface area contributed by atoms with Gasteiger partial charge in [0.1, 0.15) is 0 Å². The Morgan fingerprint density at radius 3 is 2.70 bits per heavy atom. The second kappa shape index (κ2) is 7.44. The smallest absolute Gasteiger partial charge is 0.223 e. The molecule has 0 aromatic heterocycles. The molecule has 1 aromatic carbocycles. The van der Waals surface area contributed by atoms with E-state index < -0.39 is 0 Å². The van der Waals surface area contributed by atoms with Crippen LogP contribution in [0.25, 0.3) is 0 Å². The fourth-order valence-electron chi connectivity index (χ4n) is 2.99. The van der Waals surface area contributed by atoms with Crippen molar-refractivity contribution in [3.05, 3.63) is 35.9 Å². The van der Waals surface area contributed by atoms with E-state index in [1.54, 1.807) is 0 Å². The van der Waals surface area contributed by atoms with E-state index in [0.29, 0.717) is 6.04 Å². The molecule has 110 valence electrons. The summed E-state index contributed by atoms with van der Waals surface area (Å²) >= 11 is 0. The Morgan fingerprint density at radius 2 is 2.00 bits per heavy atom. The van der Waals surface area contributed by atoms with Crippen molar-refractivity contribution in [2.75, 3.05) is 20.6 Å². The van der Waals surface area contributed by atoms with Crippen LogP contribution >= 0.6 is 0 Å². The van der Waals surface area contributed by atoms with Crippen LogP contribution in [0.15, 0.2) is 30.3 Å². The lowest BCUT2D eigenvalue weighted by atomic mass is 9.84. The fraction of sp³-hybridized carbons (Fsp3) is 0.588. The summed E-state index contributed by atoms with van der Waals surface area (Å²) in [4.78, 5) is 14.5. The minimum atomic E-state index is 0.201. The van der Waals surface area contributed by atoms with Crippen molar-refractivity contribution < 1.29 is 4.79 Å². The fourth-order valence-corrected chi connectivity index (χ4v) is 2.99. The van der Waals surface area contributed by atoms with Gasteiger partial charge in [0.15, 0.2) is 0 Å². The topological polar surface area (TPSA) is 32.3 Å². The molecule has 0 saturated heterocycles. The summed E-state index contributed by atoms with van der Waals surface area (Å²) in [5.74, 6) is 0.444. The Bertz CT molecular complexity index is 416. The summed E-state index contributed by atoms with van der Waals surface area (Å²) in [6.07, 6.45) is 5.35. The molecular formula is C17H26N2O. The Balaban J connectivity index is 1.74. The van der Waals surface area contributed by atoms with Crippen LogP contribution in [0.5, 0.6) is 0 Å². The minimum absolute atomic E-state index is 0.201. The van der Waals surface area contributed by atoms with Gasteiger partial charge < -0.3 is 10.2 Å². The van der Waals surface area contributed by atoms with Crippen molar-refractivity contribution >= 4 is 5.91 Å². The average molecular weight is 274 g/mol. The Morgan fingerprint density at radius 1 is 1.25 bits per heavy atom. The highest BCUT2D eigenvalue weighted by molar-refractivity contribution is 5.78. The normalized spacial score (nSPS) is 22.8. The van der Waals surface area contributed by atoms with Gasteiger partial charge in [-0.05, 0) is 45.3 Å². The number of nitrogens with zero attached hydrogens (tertiary/aromatic N) is 1. The van der Waals surface area contributed by atoms with E-state index in [1.165, 1.54) is 18.4 Å². The molecule has 2 atom stereocenters. The van der Waals surface area contributed by atoms with Crippen molar-refractivity contribution in [1.29, 1.82) is 0 Å². The van der Waals surface area contributed by atoms with Gasteiger partial charge in [-0.2, -0.15) is 0 Å². The molecule has 1 aromatic rings. The van der Waals surface area contributed by atoms with Crippen molar-refractivity contribution in [3.63, 3.8) is 0 Å². The first-order valence-electron chi connectivity index (χ1n) is 7.65. The van der Waals surface area contributed by atoms with Crippen molar-refractivity contribution in [2.24, 2.45) is 5.92 Å². The third-order valence-corrected chi connectivity index (χ3v) is 4.30. The zero-order valence-electron chi connectivity index (χ0n) is 12.6. The van der Waals surface area contributed by atoms with E-state index in [1.807, 2.05) is 18.2 Å². The first-order valence-corrected chi connectivity index (χ1v) is 7.65. The molecular weight excluding hydrogens is 248 g/mol. The second-order valence-electron chi connectivity index (χ2n) is 6.01. The van der Waals surface area contributed by atoms with Gasteiger partial charge in [-0.25, -0.2) is 0 Å². The van der Waals surface area contributed by atoms with Gasteiger partial charge in [0.25, 0.3) is 0 Å². The summed E-state index contributed by atoms with van der Waals surface area (Å²) < 4.78 is 0. The van der Waals surface area contributed by atoms with Gasteiger partial charge in [0, 0.05) is 18.5 Å². The van der Waals surface area contributed by atoms with Crippen molar-refractivity contribution in [1.82, 2.24) is 10.2 Å². The molecule has 2 rings (SSSR count). The maximum atomic E-state index is 12.2. The molecule has 0 unspecified atom stereocenters. The molecule has 0 heterocycles. The van der Waals surface area contributed by atoms with Crippen LogP contribution in [-0.2, 0) is 11.2 Å². The zero-order chi connectivity index (χ0) is 14.4. The van der Waals surface area contributed by atoms with E-state index >= 15 is 0 Å². The van der Waals surface area contributed by atoms with Crippen molar-refractivity contribution in [3.8, 4) is 0 Å². The van der Waals surface area contributed by atoms with Crippen molar-refractivity contribution in [2.45, 2.75) is 38.1 Å². The Hall–Kier alpha value is -1.35. The lowest BCUT2D eigenvalue weighted by Gasteiger charge is -2.32. The highest BCUT2D eigenvalue weighted by atomic mass is 16.1. The number of benzene rings is 1. The quantitative estimate of drug-likeness (QED) is 0.894. The third-order valence-electron chi connectivity index (χ3n) is 4.30. The first-order chi connectivity index (χ1) is 9.66. The van der Waals surface area contributed by atoms with E-state index in [2.05, 4.69) is 36.4 Å². The summed E-state index contributed by atoms with van der Waals surface area (Å²) in [5.41, 5.74) is 1.28. The summed E-state index contributed by atoms with van der Waals surface area (Å²) in [5, 5.41) is 3.10. The maximum Gasteiger partial charge on any atom is 0.223 e. The van der Waals surface area contributed by atoms with Crippen LogP contribution in [0, 0.1) is 5.92 Å². The van der Waals surface area contributed by atoms with Crippen LogP contribution in [0.2, 0.25) is 0 Å². The largest absolute Gasteiger partial charge is 0.356 e. The molecule has 0 bridgehead atoms. The molecule has 1 saturated carbocycles. The number of carbonyl (C=O) groups is 1. The minimum Gasteiger partial charge on any atom is -0.356 e.